The van der Waals surface area contributed by atoms with Gasteiger partial charge in [0.2, 0.25) is 0 Å². The predicted octanol–water partition coefficient (Wildman–Crippen LogP) is 1.06. The summed E-state index contributed by atoms with van der Waals surface area (Å²) in [6.07, 6.45) is 4.89. The lowest BCUT2D eigenvalue weighted by Gasteiger charge is -2.28. The highest BCUT2D eigenvalue weighted by molar-refractivity contribution is 4.91. The lowest BCUT2D eigenvalue weighted by atomic mass is 9.81. The highest BCUT2D eigenvalue weighted by Crippen LogP contribution is 2.29. The molecule has 3 nitrogen and oxygen atoms in total. The van der Waals surface area contributed by atoms with Crippen LogP contribution in [0.4, 0.5) is 0 Å². The van der Waals surface area contributed by atoms with E-state index in [0.29, 0.717) is 0 Å². The van der Waals surface area contributed by atoms with Crippen molar-refractivity contribution < 1.29 is 10.2 Å². The molecule has 1 fully saturated rings. The molecular formula is C10H17NO2. The molecule has 0 spiro atoms. The van der Waals surface area contributed by atoms with Crippen LogP contribution in [0.15, 0.2) is 0 Å². The second-order valence-corrected chi connectivity index (χ2v) is 3.81. The average molecular weight is 183 g/mol. The zero-order chi connectivity index (χ0) is 9.68. The number of nitriles is 1. The van der Waals surface area contributed by atoms with E-state index in [-0.39, 0.29) is 12.5 Å². The van der Waals surface area contributed by atoms with Gasteiger partial charge in [0.1, 0.15) is 0 Å². The molecule has 0 heterocycles. The van der Waals surface area contributed by atoms with Crippen molar-refractivity contribution in [3.05, 3.63) is 0 Å². The molecule has 0 radical (unpaired) electrons. The van der Waals surface area contributed by atoms with E-state index in [1.807, 2.05) is 6.07 Å². The van der Waals surface area contributed by atoms with Crippen molar-refractivity contribution in [3.8, 4) is 6.07 Å². The van der Waals surface area contributed by atoms with E-state index in [0.717, 1.165) is 25.7 Å². The minimum atomic E-state index is -0.629. The lowest BCUT2D eigenvalue weighted by molar-refractivity contribution is 0.0313. The van der Waals surface area contributed by atoms with Gasteiger partial charge in [-0.25, -0.2) is 0 Å². The van der Waals surface area contributed by atoms with Crippen LogP contribution in [0.1, 0.15) is 32.1 Å². The van der Waals surface area contributed by atoms with Crippen LogP contribution in [0.3, 0.4) is 0 Å². The summed E-state index contributed by atoms with van der Waals surface area (Å²) in [5.74, 6) is -0.367. The second-order valence-electron chi connectivity index (χ2n) is 3.81. The fourth-order valence-electron chi connectivity index (χ4n) is 2.03. The van der Waals surface area contributed by atoms with Gasteiger partial charge in [-0.15, -0.1) is 0 Å². The van der Waals surface area contributed by atoms with Crippen molar-refractivity contribution in [2.45, 2.75) is 38.2 Å². The number of aliphatic hydroxyl groups excluding tert-OH is 2. The Hall–Kier alpha value is -0.590. The first-order valence-electron chi connectivity index (χ1n) is 4.98. The molecule has 1 saturated carbocycles. The normalized spacial score (nSPS) is 23.5. The number of nitrogens with zero attached hydrogens (tertiary/aromatic N) is 1. The molecule has 0 bridgehead atoms. The number of hydrogen-bond donors (Lipinski definition) is 2. The molecule has 13 heavy (non-hydrogen) atoms. The Labute approximate surface area is 79.0 Å². The maximum absolute atomic E-state index is 9.75. The Bertz CT molecular complexity index is 182. The molecule has 2 N–H and O–H groups in total. The highest BCUT2D eigenvalue weighted by atomic mass is 16.3. The monoisotopic (exact) mass is 183 g/mol. The first-order chi connectivity index (χ1) is 6.29. The topological polar surface area (TPSA) is 64.2 Å². The first-order valence-corrected chi connectivity index (χ1v) is 4.98. The molecule has 0 aromatic carbocycles. The van der Waals surface area contributed by atoms with E-state index < -0.39 is 12.0 Å². The summed E-state index contributed by atoms with van der Waals surface area (Å²) >= 11 is 0. The van der Waals surface area contributed by atoms with Crippen molar-refractivity contribution in [2.75, 3.05) is 6.61 Å². The summed E-state index contributed by atoms with van der Waals surface area (Å²) in [5, 5.41) is 27.3. The van der Waals surface area contributed by atoms with Crippen molar-refractivity contribution in [1.29, 1.82) is 5.26 Å². The van der Waals surface area contributed by atoms with Crippen LogP contribution in [-0.4, -0.2) is 22.9 Å². The Morgan fingerprint density at radius 1 is 1.31 bits per heavy atom. The second kappa shape index (κ2) is 5.21. The molecule has 0 aromatic rings. The molecule has 1 rings (SSSR count). The zero-order valence-electron chi connectivity index (χ0n) is 7.82. The molecule has 0 unspecified atom stereocenters. The van der Waals surface area contributed by atoms with E-state index in [1.54, 1.807) is 0 Å². The van der Waals surface area contributed by atoms with Gasteiger partial charge < -0.3 is 10.2 Å². The van der Waals surface area contributed by atoms with Gasteiger partial charge in [0.05, 0.1) is 24.7 Å². The van der Waals surface area contributed by atoms with Crippen molar-refractivity contribution in [2.24, 2.45) is 11.8 Å². The van der Waals surface area contributed by atoms with Gasteiger partial charge in [0.15, 0.2) is 0 Å². The third-order valence-electron chi connectivity index (χ3n) is 2.91. The van der Waals surface area contributed by atoms with Gasteiger partial charge in [-0.05, 0) is 18.8 Å². The van der Waals surface area contributed by atoms with Gasteiger partial charge in [0.25, 0.3) is 0 Å². The van der Waals surface area contributed by atoms with Gasteiger partial charge >= 0.3 is 0 Å². The van der Waals surface area contributed by atoms with Crippen LogP contribution in [0.5, 0.6) is 0 Å². The molecule has 1 aliphatic rings. The maximum atomic E-state index is 9.75. The quantitative estimate of drug-likeness (QED) is 0.687. The highest BCUT2D eigenvalue weighted by Gasteiger charge is 2.28. The van der Waals surface area contributed by atoms with Crippen molar-refractivity contribution >= 4 is 0 Å². The van der Waals surface area contributed by atoms with E-state index in [1.165, 1.54) is 6.42 Å². The molecule has 0 amide bonds. The Morgan fingerprint density at radius 2 is 1.92 bits per heavy atom. The number of aliphatic hydroxyl groups is 2. The summed E-state index contributed by atoms with van der Waals surface area (Å²) < 4.78 is 0. The van der Waals surface area contributed by atoms with Gasteiger partial charge in [-0.2, -0.15) is 5.26 Å². The maximum Gasteiger partial charge on any atom is 0.0955 e. The summed E-state index contributed by atoms with van der Waals surface area (Å²) in [4.78, 5) is 0. The molecule has 0 saturated heterocycles. The van der Waals surface area contributed by atoms with E-state index >= 15 is 0 Å². The van der Waals surface area contributed by atoms with E-state index in [4.69, 9.17) is 10.4 Å². The largest absolute Gasteiger partial charge is 0.395 e. The Balaban J connectivity index is 2.44. The Morgan fingerprint density at radius 3 is 2.38 bits per heavy atom. The molecule has 1 aliphatic carbocycles. The van der Waals surface area contributed by atoms with Crippen LogP contribution in [0, 0.1) is 23.2 Å². The van der Waals surface area contributed by atoms with Crippen molar-refractivity contribution in [3.63, 3.8) is 0 Å². The smallest absolute Gasteiger partial charge is 0.0955 e. The van der Waals surface area contributed by atoms with Crippen LogP contribution in [-0.2, 0) is 0 Å². The first kappa shape index (κ1) is 10.5. The summed E-state index contributed by atoms with van der Waals surface area (Å²) in [7, 11) is 0. The summed E-state index contributed by atoms with van der Waals surface area (Å²) in [6.45, 7) is -0.228. The Kier molecular flexibility index (Phi) is 4.20. The fraction of sp³-hybridized carbons (Fsp3) is 0.900. The molecule has 74 valence electrons. The van der Waals surface area contributed by atoms with Crippen LogP contribution >= 0.6 is 0 Å². The summed E-state index contributed by atoms with van der Waals surface area (Å²) in [6, 6.07) is 1.95. The average Bonchev–Trinajstić information content (AvgIpc) is 2.21. The van der Waals surface area contributed by atoms with Crippen LogP contribution in [0.25, 0.3) is 0 Å². The predicted molar refractivity (Wildman–Crippen MR) is 48.8 cm³/mol. The van der Waals surface area contributed by atoms with Crippen LogP contribution < -0.4 is 0 Å². The standard InChI is InChI=1S/C10H17NO2/c11-6-9(7-12)10(13)8-4-2-1-3-5-8/h8-10,12-13H,1-5,7H2/t9-,10+/m1/s1. The fourth-order valence-corrected chi connectivity index (χ4v) is 2.03. The number of hydrogen-bond acceptors (Lipinski definition) is 3. The molecule has 0 aromatic heterocycles. The van der Waals surface area contributed by atoms with E-state index in [2.05, 4.69) is 0 Å². The van der Waals surface area contributed by atoms with Gasteiger partial charge in [0, 0.05) is 0 Å². The van der Waals surface area contributed by atoms with Gasteiger partial charge in [-0.1, -0.05) is 19.3 Å². The zero-order valence-corrected chi connectivity index (χ0v) is 7.82. The third kappa shape index (κ3) is 2.68. The minimum absolute atomic E-state index is 0.227. The lowest BCUT2D eigenvalue weighted by Crippen LogP contribution is -2.31. The third-order valence-corrected chi connectivity index (χ3v) is 2.91. The van der Waals surface area contributed by atoms with Crippen LogP contribution in [0.2, 0.25) is 0 Å². The van der Waals surface area contributed by atoms with Crippen molar-refractivity contribution in [1.82, 2.24) is 0 Å². The molecule has 2 atom stereocenters. The van der Waals surface area contributed by atoms with E-state index in [9.17, 15) is 5.11 Å². The number of rotatable bonds is 3. The summed E-state index contributed by atoms with van der Waals surface area (Å²) in [5.41, 5.74) is 0. The SMILES string of the molecule is N#C[C@H](CO)[C@@H](O)C1CCCCC1. The van der Waals surface area contributed by atoms with Gasteiger partial charge in [-0.3, -0.25) is 0 Å². The molecular weight excluding hydrogens is 166 g/mol. The molecule has 3 heteroatoms. The minimum Gasteiger partial charge on any atom is -0.395 e. The molecule has 0 aliphatic heterocycles.